The molecule has 7 heteroatoms. The molecule has 0 saturated carbocycles. The van der Waals surface area contributed by atoms with Gasteiger partial charge in [0.2, 0.25) is 0 Å². The first-order valence-corrected chi connectivity index (χ1v) is 8.86. The SMILES string of the molecule is Clc1nccc2ccccc12.O=P(Cl)(Cl)Cl. The molecule has 0 radical (unpaired) electrons. The highest BCUT2D eigenvalue weighted by atomic mass is 36.0. The topological polar surface area (TPSA) is 30.0 Å². The molecule has 0 spiro atoms. The predicted molar refractivity (Wildman–Crippen MR) is 71.9 cm³/mol. The summed E-state index contributed by atoms with van der Waals surface area (Å²) in [5.41, 5.74) is 0. The monoisotopic (exact) mass is 315 g/mol. The standard InChI is InChI=1S/C9H6ClN.Cl3OP/c10-9-8-4-2-1-3-7(8)5-6-11-9;1-5(2,3)4/h1-6H;. The fraction of sp³-hybridized carbons (Fsp3) is 0. The summed E-state index contributed by atoms with van der Waals surface area (Å²) in [6, 6.07) is 9.86. The third-order valence-corrected chi connectivity index (χ3v) is 1.93. The summed E-state index contributed by atoms with van der Waals surface area (Å²) >= 11 is 19.7. The fourth-order valence-corrected chi connectivity index (χ4v) is 1.31. The highest BCUT2D eigenvalue weighted by Crippen LogP contribution is 2.61. The predicted octanol–water partition coefficient (Wildman–Crippen LogP) is 5.70. The lowest BCUT2D eigenvalue weighted by Crippen LogP contribution is -1.76. The van der Waals surface area contributed by atoms with Crippen molar-refractivity contribution in [2.75, 3.05) is 0 Å². The van der Waals surface area contributed by atoms with Crippen molar-refractivity contribution in [1.29, 1.82) is 0 Å². The van der Waals surface area contributed by atoms with Crippen molar-refractivity contribution in [3.63, 3.8) is 0 Å². The Kier molecular flexibility index (Phi) is 5.36. The average Bonchev–Trinajstić information content (AvgIpc) is 2.16. The van der Waals surface area contributed by atoms with Crippen LogP contribution in [0.15, 0.2) is 36.5 Å². The maximum atomic E-state index is 9.51. The van der Waals surface area contributed by atoms with Gasteiger partial charge in [0.25, 0.3) is 0 Å². The van der Waals surface area contributed by atoms with E-state index in [9.17, 15) is 4.57 Å². The molecule has 0 saturated heterocycles. The number of fused-ring (bicyclic) bond motifs is 1. The molecule has 0 aliphatic rings. The molecule has 0 aliphatic heterocycles. The van der Waals surface area contributed by atoms with Crippen molar-refractivity contribution < 1.29 is 4.57 Å². The molecule has 0 unspecified atom stereocenters. The minimum Gasteiger partial charge on any atom is -0.271 e. The van der Waals surface area contributed by atoms with Gasteiger partial charge in [-0.05, 0) is 45.2 Å². The van der Waals surface area contributed by atoms with Crippen LogP contribution in [0.4, 0.5) is 0 Å². The molecule has 2 aromatic rings. The molecule has 1 heterocycles. The molecule has 0 amide bonds. The summed E-state index contributed by atoms with van der Waals surface area (Å²) in [6.45, 7) is 0. The minimum atomic E-state index is -3.22. The zero-order valence-electron chi connectivity index (χ0n) is 7.78. The van der Waals surface area contributed by atoms with Crippen molar-refractivity contribution >= 4 is 61.3 Å². The van der Waals surface area contributed by atoms with E-state index in [1.807, 2.05) is 30.3 Å². The molecule has 1 aromatic carbocycles. The minimum absolute atomic E-state index is 0.572. The first kappa shape index (κ1) is 14.1. The van der Waals surface area contributed by atoms with Crippen LogP contribution < -0.4 is 0 Å². The molecule has 2 nitrogen and oxygen atoms in total. The Bertz CT molecular complexity index is 514. The summed E-state index contributed by atoms with van der Waals surface area (Å²) in [4.78, 5) is 3.97. The maximum Gasteiger partial charge on any atom is 0.339 e. The highest BCUT2D eigenvalue weighted by Gasteiger charge is 2.03. The van der Waals surface area contributed by atoms with E-state index in [0.717, 1.165) is 10.8 Å². The van der Waals surface area contributed by atoms with Crippen molar-refractivity contribution in [3.8, 4) is 0 Å². The first-order chi connectivity index (χ1) is 7.38. The van der Waals surface area contributed by atoms with Crippen molar-refractivity contribution in [2.24, 2.45) is 0 Å². The second-order valence-electron chi connectivity index (χ2n) is 2.72. The lowest BCUT2D eigenvalue weighted by atomic mass is 10.2. The summed E-state index contributed by atoms with van der Waals surface area (Å²) < 4.78 is 9.51. The smallest absolute Gasteiger partial charge is 0.271 e. The summed E-state index contributed by atoms with van der Waals surface area (Å²) in [7, 11) is 0. The van der Waals surface area contributed by atoms with Gasteiger partial charge in [0.05, 0.1) is 0 Å². The Morgan fingerprint density at radius 2 is 1.62 bits per heavy atom. The zero-order chi connectivity index (χ0) is 12.2. The van der Waals surface area contributed by atoms with Crippen LogP contribution in [0.1, 0.15) is 0 Å². The van der Waals surface area contributed by atoms with Gasteiger partial charge in [0.15, 0.2) is 0 Å². The molecule has 86 valence electrons. The molecule has 1 aromatic heterocycles. The van der Waals surface area contributed by atoms with Crippen molar-refractivity contribution in [3.05, 3.63) is 41.7 Å². The molecule has 0 bridgehead atoms. The van der Waals surface area contributed by atoms with E-state index in [1.54, 1.807) is 6.20 Å². The van der Waals surface area contributed by atoms with Crippen LogP contribution in [0, 0.1) is 0 Å². The number of hydrogen-bond donors (Lipinski definition) is 0. The van der Waals surface area contributed by atoms with Crippen LogP contribution in [-0.2, 0) is 4.57 Å². The van der Waals surface area contributed by atoms with Crippen LogP contribution in [0.25, 0.3) is 10.8 Å². The number of pyridine rings is 1. The fourth-order valence-electron chi connectivity index (χ4n) is 1.08. The van der Waals surface area contributed by atoms with E-state index in [0.29, 0.717) is 5.15 Å². The van der Waals surface area contributed by atoms with E-state index in [-0.39, 0.29) is 0 Å². The second kappa shape index (κ2) is 6.09. The van der Waals surface area contributed by atoms with Crippen LogP contribution in [0.2, 0.25) is 5.15 Å². The lowest BCUT2D eigenvalue weighted by Gasteiger charge is -1.96. The molecule has 16 heavy (non-hydrogen) atoms. The largest absolute Gasteiger partial charge is 0.339 e. The van der Waals surface area contributed by atoms with Gasteiger partial charge in [0, 0.05) is 11.6 Å². The molecule has 0 atom stereocenters. The van der Waals surface area contributed by atoms with E-state index in [4.69, 9.17) is 11.6 Å². The lowest BCUT2D eigenvalue weighted by molar-refractivity contribution is 0.600. The quantitative estimate of drug-likeness (QED) is 0.461. The van der Waals surface area contributed by atoms with E-state index in [1.165, 1.54) is 0 Å². The Morgan fingerprint density at radius 3 is 2.19 bits per heavy atom. The Hall–Kier alpha value is 0.0200. The Labute approximate surface area is 112 Å². The van der Waals surface area contributed by atoms with Crippen molar-refractivity contribution in [1.82, 2.24) is 4.98 Å². The molecular weight excluding hydrogens is 311 g/mol. The number of benzene rings is 1. The normalized spacial score (nSPS) is 10.8. The van der Waals surface area contributed by atoms with Gasteiger partial charge in [-0.1, -0.05) is 35.9 Å². The maximum absolute atomic E-state index is 9.51. The van der Waals surface area contributed by atoms with Crippen LogP contribution in [0.3, 0.4) is 0 Å². The van der Waals surface area contributed by atoms with Gasteiger partial charge < -0.3 is 0 Å². The number of halogens is 4. The van der Waals surface area contributed by atoms with Gasteiger partial charge >= 0.3 is 5.20 Å². The number of rotatable bonds is 0. The van der Waals surface area contributed by atoms with Crippen molar-refractivity contribution in [2.45, 2.75) is 0 Å². The summed E-state index contributed by atoms with van der Waals surface area (Å²) in [6.07, 6.45) is 1.71. The van der Waals surface area contributed by atoms with Gasteiger partial charge in [0.1, 0.15) is 5.15 Å². The van der Waals surface area contributed by atoms with Crippen LogP contribution in [-0.4, -0.2) is 4.98 Å². The number of hydrogen-bond acceptors (Lipinski definition) is 2. The van der Waals surface area contributed by atoms with E-state index < -0.39 is 5.20 Å². The Balaban J connectivity index is 0.000000221. The molecular formula is C9H6Cl4NOP. The molecule has 0 fully saturated rings. The Morgan fingerprint density at radius 1 is 1.06 bits per heavy atom. The van der Waals surface area contributed by atoms with E-state index >= 15 is 0 Å². The second-order valence-corrected chi connectivity index (χ2v) is 9.72. The summed E-state index contributed by atoms with van der Waals surface area (Å²) in [5, 5.41) is -0.507. The van der Waals surface area contributed by atoms with Gasteiger partial charge in [-0.3, -0.25) is 4.57 Å². The summed E-state index contributed by atoms with van der Waals surface area (Å²) in [5.74, 6) is 0. The number of nitrogens with zero attached hydrogens (tertiary/aromatic N) is 1. The third-order valence-electron chi connectivity index (χ3n) is 1.63. The number of aromatic nitrogens is 1. The van der Waals surface area contributed by atoms with Gasteiger partial charge in [-0.15, -0.1) is 0 Å². The molecule has 0 N–H and O–H groups in total. The molecule has 2 rings (SSSR count). The van der Waals surface area contributed by atoms with Gasteiger partial charge in [-0.25, -0.2) is 4.98 Å². The molecule has 0 aliphatic carbocycles. The van der Waals surface area contributed by atoms with Crippen LogP contribution >= 0.6 is 50.5 Å². The third kappa shape index (κ3) is 5.38. The zero-order valence-corrected chi connectivity index (χ0v) is 11.7. The highest BCUT2D eigenvalue weighted by molar-refractivity contribution is 8.24. The van der Waals surface area contributed by atoms with E-state index in [2.05, 4.69) is 38.7 Å². The first-order valence-electron chi connectivity index (χ1n) is 4.06. The average molecular weight is 317 g/mol. The van der Waals surface area contributed by atoms with Crippen LogP contribution in [0.5, 0.6) is 0 Å². The van der Waals surface area contributed by atoms with Gasteiger partial charge in [-0.2, -0.15) is 0 Å².